The lowest BCUT2D eigenvalue weighted by Gasteiger charge is -2.14. The summed E-state index contributed by atoms with van der Waals surface area (Å²) in [6.07, 6.45) is 5.52. The van der Waals surface area contributed by atoms with Gasteiger partial charge in [0.25, 0.3) is 0 Å². The fourth-order valence-corrected chi connectivity index (χ4v) is 4.08. The zero-order chi connectivity index (χ0) is 19.6. The Labute approximate surface area is 173 Å². The number of aromatic nitrogens is 3. The molecule has 29 heavy (non-hydrogen) atoms. The Balaban J connectivity index is 1.41. The van der Waals surface area contributed by atoms with Crippen molar-refractivity contribution in [3.63, 3.8) is 0 Å². The number of halogens is 1. The summed E-state index contributed by atoms with van der Waals surface area (Å²) in [5, 5.41) is 13.2. The normalized spacial score (nSPS) is 11.3. The van der Waals surface area contributed by atoms with Crippen molar-refractivity contribution in [1.29, 1.82) is 0 Å². The van der Waals surface area contributed by atoms with Crippen LogP contribution < -0.4 is 5.32 Å². The minimum Gasteiger partial charge on any atom is -0.309 e. The Hall–Kier alpha value is -3.21. The maximum atomic E-state index is 6.70. The van der Waals surface area contributed by atoms with E-state index in [0.717, 1.165) is 40.3 Å². The molecule has 0 fully saturated rings. The van der Waals surface area contributed by atoms with Gasteiger partial charge in [0.05, 0.1) is 5.02 Å². The molecule has 0 saturated heterocycles. The topological polar surface area (TPSA) is 42.7 Å². The van der Waals surface area contributed by atoms with Crippen LogP contribution in [0, 0.1) is 0 Å². The van der Waals surface area contributed by atoms with E-state index in [1.807, 2.05) is 36.7 Å². The van der Waals surface area contributed by atoms with Gasteiger partial charge in [-0.15, -0.1) is 0 Å². The van der Waals surface area contributed by atoms with Crippen LogP contribution in [0.15, 0.2) is 85.3 Å². The van der Waals surface area contributed by atoms with Crippen LogP contribution >= 0.6 is 11.6 Å². The van der Waals surface area contributed by atoms with E-state index in [1.54, 1.807) is 10.9 Å². The standard InChI is InChI=1S/C24H19ClN4/c25-24-20-8-3-1-6-18(20)22(19-7-2-4-9-21(19)24)16-26-14-17-10-11-23(27-15-17)29-13-5-12-28-29/h1-13,15,26H,14,16H2. The lowest BCUT2D eigenvalue weighted by Crippen LogP contribution is -2.14. The summed E-state index contributed by atoms with van der Waals surface area (Å²) >= 11 is 6.70. The molecule has 0 saturated carbocycles. The van der Waals surface area contributed by atoms with Crippen molar-refractivity contribution in [2.75, 3.05) is 0 Å². The highest BCUT2D eigenvalue weighted by Gasteiger charge is 2.11. The van der Waals surface area contributed by atoms with E-state index in [1.165, 1.54) is 16.3 Å². The fraction of sp³-hybridized carbons (Fsp3) is 0.0833. The molecule has 0 unspecified atom stereocenters. The van der Waals surface area contributed by atoms with E-state index in [2.05, 4.69) is 57.9 Å². The summed E-state index contributed by atoms with van der Waals surface area (Å²) in [4.78, 5) is 4.50. The Morgan fingerprint density at radius 2 is 1.48 bits per heavy atom. The maximum absolute atomic E-state index is 6.70. The largest absolute Gasteiger partial charge is 0.309 e. The van der Waals surface area contributed by atoms with Gasteiger partial charge in [0.2, 0.25) is 0 Å². The smallest absolute Gasteiger partial charge is 0.153 e. The first-order chi connectivity index (χ1) is 14.3. The summed E-state index contributed by atoms with van der Waals surface area (Å²) in [5.74, 6) is 0.813. The number of pyridine rings is 1. The second-order valence-corrected chi connectivity index (χ2v) is 7.34. The highest BCUT2D eigenvalue weighted by molar-refractivity contribution is 6.41. The van der Waals surface area contributed by atoms with E-state index in [-0.39, 0.29) is 0 Å². The molecule has 0 amide bonds. The van der Waals surface area contributed by atoms with Crippen molar-refractivity contribution in [3.05, 3.63) is 101 Å². The third-order valence-corrected chi connectivity index (χ3v) is 5.56. The van der Waals surface area contributed by atoms with Crippen molar-refractivity contribution < 1.29 is 0 Å². The lowest BCUT2D eigenvalue weighted by molar-refractivity contribution is 0.696. The molecular formula is C24H19ClN4. The SMILES string of the molecule is Clc1c2ccccc2c(CNCc2ccc(-n3cccn3)nc2)c2ccccc12. The molecule has 5 rings (SSSR count). The van der Waals surface area contributed by atoms with Crippen molar-refractivity contribution in [2.24, 2.45) is 0 Å². The van der Waals surface area contributed by atoms with Gasteiger partial charge in [0, 0.05) is 42.5 Å². The Bertz CT molecular complexity index is 1220. The fourth-order valence-electron chi connectivity index (χ4n) is 3.75. The zero-order valence-corrected chi connectivity index (χ0v) is 16.5. The Morgan fingerprint density at radius 1 is 0.793 bits per heavy atom. The molecule has 0 radical (unpaired) electrons. The number of nitrogens with zero attached hydrogens (tertiary/aromatic N) is 3. The van der Waals surface area contributed by atoms with Crippen molar-refractivity contribution >= 4 is 33.1 Å². The molecular weight excluding hydrogens is 380 g/mol. The highest BCUT2D eigenvalue weighted by atomic mass is 35.5. The molecule has 5 heteroatoms. The highest BCUT2D eigenvalue weighted by Crippen LogP contribution is 2.35. The molecule has 0 aliphatic carbocycles. The van der Waals surface area contributed by atoms with E-state index in [4.69, 9.17) is 11.6 Å². The molecule has 4 nitrogen and oxygen atoms in total. The monoisotopic (exact) mass is 398 g/mol. The lowest BCUT2D eigenvalue weighted by atomic mass is 9.96. The minimum atomic E-state index is 0.734. The van der Waals surface area contributed by atoms with E-state index in [0.29, 0.717) is 0 Å². The van der Waals surface area contributed by atoms with Crippen LogP contribution in [0.1, 0.15) is 11.1 Å². The Kier molecular flexibility index (Phi) is 4.72. The molecule has 0 bridgehead atoms. The van der Waals surface area contributed by atoms with Crippen molar-refractivity contribution in [2.45, 2.75) is 13.1 Å². The van der Waals surface area contributed by atoms with Gasteiger partial charge in [-0.3, -0.25) is 0 Å². The van der Waals surface area contributed by atoms with Crippen LogP contribution in [-0.4, -0.2) is 14.8 Å². The molecule has 3 aromatic carbocycles. The summed E-state index contributed by atoms with van der Waals surface area (Å²) in [5.41, 5.74) is 2.39. The third-order valence-electron chi connectivity index (χ3n) is 5.16. The van der Waals surface area contributed by atoms with Gasteiger partial charge in [-0.1, -0.05) is 66.2 Å². The first kappa shape index (κ1) is 17.9. The molecule has 0 spiro atoms. The van der Waals surface area contributed by atoms with E-state index >= 15 is 0 Å². The molecule has 5 aromatic rings. The molecule has 142 valence electrons. The first-order valence-electron chi connectivity index (χ1n) is 9.55. The molecule has 0 atom stereocenters. The number of fused-ring (bicyclic) bond motifs is 2. The third kappa shape index (κ3) is 3.37. The summed E-state index contributed by atoms with van der Waals surface area (Å²) in [7, 11) is 0. The van der Waals surface area contributed by atoms with Crippen molar-refractivity contribution in [1.82, 2.24) is 20.1 Å². The van der Waals surface area contributed by atoms with E-state index in [9.17, 15) is 0 Å². The summed E-state index contributed by atoms with van der Waals surface area (Å²) in [6, 6.07) is 22.6. The minimum absolute atomic E-state index is 0.734. The number of hydrogen-bond donors (Lipinski definition) is 1. The quantitative estimate of drug-likeness (QED) is 0.396. The first-order valence-corrected chi connectivity index (χ1v) is 9.92. The zero-order valence-electron chi connectivity index (χ0n) is 15.7. The molecule has 0 aliphatic heterocycles. The van der Waals surface area contributed by atoms with Crippen LogP contribution in [0.5, 0.6) is 0 Å². The van der Waals surface area contributed by atoms with Crippen LogP contribution in [0.2, 0.25) is 5.02 Å². The molecule has 2 aromatic heterocycles. The van der Waals surface area contributed by atoms with Gasteiger partial charge in [-0.05, 0) is 34.0 Å². The Morgan fingerprint density at radius 3 is 2.07 bits per heavy atom. The predicted molar refractivity (Wildman–Crippen MR) is 118 cm³/mol. The summed E-state index contributed by atoms with van der Waals surface area (Å²) in [6.45, 7) is 1.48. The number of nitrogens with one attached hydrogen (secondary N) is 1. The second-order valence-electron chi connectivity index (χ2n) is 6.96. The molecule has 2 heterocycles. The summed E-state index contributed by atoms with van der Waals surface area (Å²) < 4.78 is 1.75. The maximum Gasteiger partial charge on any atom is 0.153 e. The number of hydrogen-bond acceptors (Lipinski definition) is 3. The molecule has 0 aliphatic rings. The van der Waals surface area contributed by atoms with E-state index < -0.39 is 0 Å². The second kappa shape index (κ2) is 7.66. The average Bonchev–Trinajstić information content (AvgIpc) is 3.31. The van der Waals surface area contributed by atoms with Crippen LogP contribution in [0.4, 0.5) is 0 Å². The molecule has 1 N–H and O–H groups in total. The van der Waals surface area contributed by atoms with Gasteiger partial charge in [-0.2, -0.15) is 5.10 Å². The van der Waals surface area contributed by atoms with Gasteiger partial charge in [0.1, 0.15) is 0 Å². The average molecular weight is 399 g/mol. The van der Waals surface area contributed by atoms with Gasteiger partial charge < -0.3 is 5.32 Å². The van der Waals surface area contributed by atoms with Crippen LogP contribution in [0.3, 0.4) is 0 Å². The number of rotatable bonds is 5. The van der Waals surface area contributed by atoms with Crippen molar-refractivity contribution in [3.8, 4) is 5.82 Å². The number of benzene rings is 3. The van der Waals surface area contributed by atoms with Crippen LogP contribution in [-0.2, 0) is 13.1 Å². The van der Waals surface area contributed by atoms with Crippen LogP contribution in [0.25, 0.3) is 27.4 Å². The van der Waals surface area contributed by atoms with Gasteiger partial charge >= 0.3 is 0 Å². The predicted octanol–water partition coefficient (Wildman–Crippen LogP) is 5.52. The van der Waals surface area contributed by atoms with Gasteiger partial charge in [-0.25, -0.2) is 9.67 Å². The van der Waals surface area contributed by atoms with Gasteiger partial charge in [0.15, 0.2) is 5.82 Å².